The lowest BCUT2D eigenvalue weighted by Crippen LogP contribution is -2.11. The van der Waals surface area contributed by atoms with Crippen LogP contribution in [0.1, 0.15) is 56.1 Å². The summed E-state index contributed by atoms with van der Waals surface area (Å²) in [5.74, 6) is 1.58. The second-order valence-electron chi connectivity index (χ2n) is 5.42. The second-order valence-corrected chi connectivity index (χ2v) is 5.95. The van der Waals surface area contributed by atoms with Crippen LogP contribution in [-0.2, 0) is 6.42 Å². The van der Waals surface area contributed by atoms with E-state index in [1.165, 1.54) is 44.1 Å². The molecule has 18 heavy (non-hydrogen) atoms. The van der Waals surface area contributed by atoms with Crippen LogP contribution >= 0.6 is 15.9 Å². The van der Waals surface area contributed by atoms with E-state index in [0.717, 1.165) is 11.8 Å². The smallest absolute Gasteiger partial charge is 0.0162 e. The minimum absolute atomic E-state index is 0.792. The van der Waals surface area contributed by atoms with Gasteiger partial charge in [-0.3, -0.25) is 0 Å². The van der Waals surface area contributed by atoms with Crippen LogP contribution in [-0.4, -0.2) is 0 Å². The van der Waals surface area contributed by atoms with Crippen molar-refractivity contribution < 1.29 is 0 Å². The Bertz CT molecular complexity index is 369. The molecule has 0 unspecified atom stereocenters. The van der Waals surface area contributed by atoms with Crippen LogP contribution in [0.25, 0.3) is 0 Å². The van der Waals surface area contributed by atoms with Crippen molar-refractivity contribution >= 4 is 15.9 Å². The summed E-state index contributed by atoms with van der Waals surface area (Å²) in [4.78, 5) is 2.03. The molecule has 98 valence electrons. The zero-order valence-corrected chi connectivity index (χ0v) is 12.8. The zero-order chi connectivity index (χ0) is 12.8. The molecule has 0 nitrogen and oxygen atoms in total. The molecule has 1 aliphatic rings. The molecule has 2 rings (SSSR count). The lowest BCUT2D eigenvalue weighted by atomic mass is 9.78. The molecule has 1 aromatic carbocycles. The fraction of sp³-hybridized carbons (Fsp3) is 0.529. The van der Waals surface area contributed by atoms with Gasteiger partial charge in [0.15, 0.2) is 0 Å². The van der Waals surface area contributed by atoms with Gasteiger partial charge in [0, 0.05) is 0 Å². The summed E-state index contributed by atoms with van der Waals surface area (Å²) in [5.41, 5.74) is 3.04. The molecule has 0 N–H and O–H groups in total. The van der Waals surface area contributed by atoms with Crippen molar-refractivity contribution in [1.29, 1.82) is 0 Å². The van der Waals surface area contributed by atoms with Crippen molar-refractivity contribution in [3.05, 3.63) is 46.5 Å². The monoisotopic (exact) mass is 306 g/mol. The van der Waals surface area contributed by atoms with Crippen molar-refractivity contribution in [2.75, 3.05) is 0 Å². The number of halogens is 1. The second kappa shape index (κ2) is 7.13. The third-order valence-corrected chi connectivity index (χ3v) is 4.41. The molecule has 1 saturated carbocycles. The Morgan fingerprint density at radius 2 is 1.78 bits per heavy atom. The van der Waals surface area contributed by atoms with Gasteiger partial charge in [-0.1, -0.05) is 59.6 Å². The predicted molar refractivity (Wildman–Crippen MR) is 83.2 cm³/mol. The van der Waals surface area contributed by atoms with Gasteiger partial charge in [-0.15, -0.1) is 0 Å². The number of aryl methyl sites for hydroxylation is 1. The molecule has 0 bridgehead atoms. The summed E-state index contributed by atoms with van der Waals surface area (Å²) < 4.78 is 0. The first-order valence-corrected chi connectivity index (χ1v) is 8.10. The topological polar surface area (TPSA) is 0 Å². The van der Waals surface area contributed by atoms with Crippen LogP contribution in [0.2, 0.25) is 0 Å². The Kier molecular flexibility index (Phi) is 5.49. The summed E-state index contributed by atoms with van der Waals surface area (Å²) in [6.07, 6.45) is 10.1. The van der Waals surface area contributed by atoms with Crippen molar-refractivity contribution in [2.45, 2.75) is 51.4 Å². The third-order valence-electron chi connectivity index (χ3n) is 4.11. The van der Waals surface area contributed by atoms with E-state index in [4.69, 9.17) is 0 Å². The van der Waals surface area contributed by atoms with Crippen molar-refractivity contribution in [3.63, 3.8) is 0 Å². The van der Waals surface area contributed by atoms with E-state index in [1.54, 1.807) is 5.56 Å². The molecule has 0 spiro atoms. The summed E-state index contributed by atoms with van der Waals surface area (Å²) in [6, 6.07) is 9.36. The van der Waals surface area contributed by atoms with Gasteiger partial charge >= 0.3 is 0 Å². The number of benzene rings is 1. The highest BCUT2D eigenvalue weighted by atomic mass is 79.9. The fourth-order valence-electron chi connectivity index (χ4n) is 2.99. The van der Waals surface area contributed by atoms with Crippen LogP contribution in [0.5, 0.6) is 0 Å². The SMILES string of the molecule is CCCc1ccc(C2CCC(/C=C/Br)CC2)cc1. The number of hydrogen-bond donors (Lipinski definition) is 0. The van der Waals surface area contributed by atoms with Crippen LogP contribution in [0.15, 0.2) is 35.3 Å². The first kappa shape index (κ1) is 13.9. The van der Waals surface area contributed by atoms with Gasteiger partial charge in [-0.25, -0.2) is 0 Å². The van der Waals surface area contributed by atoms with Gasteiger partial charge < -0.3 is 0 Å². The zero-order valence-electron chi connectivity index (χ0n) is 11.2. The Labute approximate surface area is 120 Å². The minimum Gasteiger partial charge on any atom is -0.0745 e. The standard InChI is InChI=1S/C17H23Br/c1-2-3-14-4-8-16(9-5-14)17-10-6-15(7-11-17)12-13-18/h4-5,8-9,12-13,15,17H,2-3,6-7,10-11H2,1H3/b13-12+. The van der Waals surface area contributed by atoms with Crippen LogP contribution in [0, 0.1) is 5.92 Å². The molecule has 0 aliphatic heterocycles. The number of rotatable bonds is 4. The van der Waals surface area contributed by atoms with Crippen molar-refractivity contribution in [3.8, 4) is 0 Å². The van der Waals surface area contributed by atoms with Gasteiger partial charge in [-0.2, -0.15) is 0 Å². The minimum atomic E-state index is 0.792. The van der Waals surface area contributed by atoms with E-state index < -0.39 is 0 Å². The first-order valence-electron chi connectivity index (χ1n) is 7.19. The Morgan fingerprint density at radius 1 is 1.11 bits per heavy atom. The van der Waals surface area contributed by atoms with Crippen molar-refractivity contribution in [2.24, 2.45) is 5.92 Å². The highest BCUT2D eigenvalue weighted by molar-refractivity contribution is 9.11. The average Bonchev–Trinajstić information content (AvgIpc) is 2.41. The maximum absolute atomic E-state index is 3.39. The normalized spacial score (nSPS) is 24.6. The van der Waals surface area contributed by atoms with Gasteiger partial charge in [0.1, 0.15) is 0 Å². The number of hydrogen-bond acceptors (Lipinski definition) is 0. The lowest BCUT2D eigenvalue weighted by molar-refractivity contribution is 0.376. The van der Waals surface area contributed by atoms with Crippen molar-refractivity contribution in [1.82, 2.24) is 0 Å². The Hall–Kier alpha value is -0.560. The van der Waals surface area contributed by atoms with Gasteiger partial charge in [0.25, 0.3) is 0 Å². The van der Waals surface area contributed by atoms with Crippen LogP contribution in [0.4, 0.5) is 0 Å². The van der Waals surface area contributed by atoms with Crippen LogP contribution in [0.3, 0.4) is 0 Å². The fourth-order valence-corrected chi connectivity index (χ4v) is 3.42. The molecule has 0 heterocycles. The summed E-state index contributed by atoms with van der Waals surface area (Å²) in [5, 5.41) is 0. The summed E-state index contributed by atoms with van der Waals surface area (Å²) in [6.45, 7) is 2.24. The van der Waals surface area contributed by atoms with E-state index in [0.29, 0.717) is 0 Å². The maximum atomic E-state index is 3.39. The molecule has 0 aromatic heterocycles. The summed E-state index contributed by atoms with van der Waals surface area (Å²) >= 11 is 3.39. The predicted octanol–water partition coefficient (Wildman–Crippen LogP) is 5.82. The lowest BCUT2D eigenvalue weighted by Gasteiger charge is -2.27. The molecule has 0 amide bonds. The summed E-state index contributed by atoms with van der Waals surface area (Å²) in [7, 11) is 0. The van der Waals surface area contributed by atoms with E-state index in [9.17, 15) is 0 Å². The van der Waals surface area contributed by atoms with E-state index in [-0.39, 0.29) is 0 Å². The molecule has 0 saturated heterocycles. The Morgan fingerprint density at radius 3 is 2.33 bits per heavy atom. The number of allylic oxidation sites excluding steroid dienone is 1. The highest BCUT2D eigenvalue weighted by Gasteiger charge is 2.20. The van der Waals surface area contributed by atoms with E-state index in [2.05, 4.69) is 53.2 Å². The molecular weight excluding hydrogens is 284 g/mol. The third kappa shape index (κ3) is 3.71. The molecule has 1 aromatic rings. The molecule has 0 atom stereocenters. The Balaban J connectivity index is 1.92. The van der Waals surface area contributed by atoms with Crippen LogP contribution < -0.4 is 0 Å². The first-order chi connectivity index (χ1) is 8.83. The molecule has 1 aliphatic carbocycles. The van der Waals surface area contributed by atoms with Gasteiger partial charge in [0.05, 0.1) is 0 Å². The quantitative estimate of drug-likeness (QED) is 0.657. The molecule has 0 radical (unpaired) electrons. The van der Waals surface area contributed by atoms with Gasteiger partial charge in [0.2, 0.25) is 0 Å². The maximum Gasteiger partial charge on any atom is -0.0162 e. The molecule has 1 heteroatoms. The van der Waals surface area contributed by atoms with E-state index >= 15 is 0 Å². The largest absolute Gasteiger partial charge is 0.0745 e. The highest BCUT2D eigenvalue weighted by Crippen LogP contribution is 2.36. The average molecular weight is 307 g/mol. The van der Waals surface area contributed by atoms with E-state index in [1.807, 2.05) is 4.99 Å². The molecular formula is C17H23Br. The molecule has 1 fully saturated rings. The van der Waals surface area contributed by atoms with Gasteiger partial charge in [-0.05, 0) is 60.1 Å².